The molecule has 9 nitrogen and oxygen atoms in total. The molecule has 0 spiro atoms. The van der Waals surface area contributed by atoms with Gasteiger partial charge < -0.3 is 20.3 Å². The molecule has 0 amide bonds. The van der Waals surface area contributed by atoms with E-state index >= 15 is 0 Å². The Labute approximate surface area is 226 Å². The summed E-state index contributed by atoms with van der Waals surface area (Å²) in [6.45, 7) is 5.58. The molecule has 0 atom stereocenters. The fourth-order valence-corrected chi connectivity index (χ4v) is 4.45. The molecule has 11 heteroatoms. The first-order valence-corrected chi connectivity index (χ1v) is 12.1. The van der Waals surface area contributed by atoms with E-state index in [2.05, 4.69) is 11.9 Å². The van der Waals surface area contributed by atoms with Crippen LogP contribution in [0.2, 0.25) is 0 Å². The van der Waals surface area contributed by atoms with Gasteiger partial charge in [-0.25, -0.2) is 13.2 Å². The van der Waals surface area contributed by atoms with Crippen LogP contribution in [-0.4, -0.2) is 43.7 Å². The summed E-state index contributed by atoms with van der Waals surface area (Å²) in [6, 6.07) is 7.10. The van der Waals surface area contributed by atoms with Crippen LogP contribution >= 0.6 is 0 Å². The third-order valence-electron chi connectivity index (χ3n) is 5.42. The second kappa shape index (κ2) is 12.0. The number of anilines is 2. The molecule has 0 fully saturated rings. The summed E-state index contributed by atoms with van der Waals surface area (Å²) in [5.74, 6) is -1.53. The molecule has 0 saturated carbocycles. The van der Waals surface area contributed by atoms with Crippen LogP contribution in [0, 0.1) is 0 Å². The summed E-state index contributed by atoms with van der Waals surface area (Å²) in [4.78, 5) is 36.9. The molecule has 0 radical (unpaired) electrons. The standard InChI is InChI=1S/C24H26N2O7S.Na/c1-14(2)24(29)33-12-8-4-3-7-11-26-21-18(34(30,31)32)13-17(25)19-20(21)23(28)16-10-6-5-9-15(16)22(19)27;/h5-6,9-10,13,26H,1,3-4,7-8,11-12,25H2,2H3,(H,30,31,32);/q;+1/p-1. The van der Waals surface area contributed by atoms with E-state index in [0.717, 1.165) is 12.5 Å². The van der Waals surface area contributed by atoms with Crippen molar-refractivity contribution in [1.82, 2.24) is 0 Å². The monoisotopic (exact) mass is 508 g/mol. The van der Waals surface area contributed by atoms with Gasteiger partial charge in [-0.15, -0.1) is 0 Å². The van der Waals surface area contributed by atoms with Crippen LogP contribution in [0.3, 0.4) is 0 Å². The van der Waals surface area contributed by atoms with Crippen molar-refractivity contribution in [2.75, 3.05) is 24.2 Å². The number of carbonyl (C=O) groups excluding carboxylic acids is 3. The Morgan fingerprint density at radius 2 is 1.63 bits per heavy atom. The molecule has 3 N–H and O–H groups in total. The molecule has 1 aliphatic carbocycles. The number of ether oxygens (including phenoxy) is 1. The summed E-state index contributed by atoms with van der Waals surface area (Å²) < 4.78 is 40.8. The number of nitrogens with one attached hydrogen (secondary N) is 1. The number of ketones is 2. The number of carbonyl (C=O) groups is 3. The van der Waals surface area contributed by atoms with Crippen molar-refractivity contribution in [3.05, 3.63) is 64.7 Å². The number of nitrogens with two attached hydrogens (primary N) is 1. The Kier molecular flexibility index (Phi) is 9.82. The van der Waals surface area contributed by atoms with Crippen molar-refractivity contribution in [1.29, 1.82) is 0 Å². The summed E-state index contributed by atoms with van der Waals surface area (Å²) in [5, 5.41) is 2.88. The molecule has 35 heavy (non-hydrogen) atoms. The fourth-order valence-electron chi connectivity index (χ4n) is 3.75. The largest absolute Gasteiger partial charge is 1.00 e. The number of esters is 1. The van der Waals surface area contributed by atoms with Crippen molar-refractivity contribution in [2.45, 2.75) is 37.5 Å². The van der Waals surface area contributed by atoms with Gasteiger partial charge in [-0.2, -0.15) is 0 Å². The second-order valence-corrected chi connectivity index (χ2v) is 9.35. The van der Waals surface area contributed by atoms with Crippen LogP contribution in [0.15, 0.2) is 47.4 Å². The SMILES string of the molecule is C=C(C)C(=O)OCCCCCCNc1c(S(=O)(=O)[O-])cc(N)c2c1C(=O)c1ccccc1C2=O.[Na+]. The normalized spacial score (nSPS) is 12.3. The predicted octanol–water partition coefficient (Wildman–Crippen LogP) is 0.0439. The van der Waals surface area contributed by atoms with Gasteiger partial charge >= 0.3 is 35.5 Å². The van der Waals surface area contributed by atoms with Crippen molar-refractivity contribution < 1.29 is 61.6 Å². The third kappa shape index (κ3) is 6.39. The number of hydrogen-bond acceptors (Lipinski definition) is 9. The van der Waals surface area contributed by atoms with Gasteiger partial charge in [-0.1, -0.05) is 37.3 Å². The minimum Gasteiger partial charge on any atom is -0.744 e. The van der Waals surface area contributed by atoms with Crippen LogP contribution in [0.4, 0.5) is 11.4 Å². The van der Waals surface area contributed by atoms with E-state index in [1.807, 2.05) is 0 Å². The van der Waals surface area contributed by atoms with Crippen molar-refractivity contribution >= 4 is 39.0 Å². The zero-order valence-corrected chi connectivity index (χ0v) is 22.5. The van der Waals surface area contributed by atoms with Gasteiger partial charge in [0.1, 0.15) is 10.1 Å². The molecule has 0 heterocycles. The maximum absolute atomic E-state index is 13.2. The molecule has 0 unspecified atom stereocenters. The van der Waals surface area contributed by atoms with E-state index in [0.29, 0.717) is 24.8 Å². The summed E-state index contributed by atoms with van der Waals surface area (Å²) in [7, 11) is -4.99. The Balaban J connectivity index is 0.00000432. The Morgan fingerprint density at radius 1 is 1.06 bits per heavy atom. The average molecular weight is 509 g/mol. The zero-order chi connectivity index (χ0) is 25.0. The topological polar surface area (TPSA) is 156 Å². The van der Waals surface area contributed by atoms with Crippen LogP contribution in [-0.2, 0) is 19.6 Å². The van der Waals surface area contributed by atoms with Crippen LogP contribution in [0.5, 0.6) is 0 Å². The summed E-state index contributed by atoms with van der Waals surface area (Å²) >= 11 is 0. The predicted molar refractivity (Wildman–Crippen MR) is 125 cm³/mol. The minimum absolute atomic E-state index is 0. The zero-order valence-electron chi connectivity index (χ0n) is 19.7. The molecule has 0 saturated heterocycles. The number of hydrogen-bond donors (Lipinski definition) is 2. The van der Waals surface area contributed by atoms with E-state index in [1.54, 1.807) is 19.1 Å². The van der Waals surface area contributed by atoms with Crippen LogP contribution < -0.4 is 40.6 Å². The molecular formula is C24H25N2NaO7S. The van der Waals surface area contributed by atoms with Gasteiger partial charge in [0.15, 0.2) is 11.6 Å². The molecule has 180 valence electrons. The second-order valence-electron chi connectivity index (χ2n) is 8.00. The molecule has 0 aromatic heterocycles. The van der Waals surface area contributed by atoms with E-state index in [1.165, 1.54) is 12.1 Å². The average Bonchev–Trinajstić information content (AvgIpc) is 2.78. The van der Waals surface area contributed by atoms with Gasteiger partial charge in [-0.05, 0) is 32.3 Å². The maximum atomic E-state index is 13.2. The Morgan fingerprint density at radius 3 is 2.20 bits per heavy atom. The molecular weight excluding hydrogens is 483 g/mol. The first kappa shape index (κ1) is 28.7. The molecule has 2 aromatic carbocycles. The Bertz CT molecular complexity index is 1290. The van der Waals surface area contributed by atoms with Gasteiger partial charge in [0, 0.05) is 28.9 Å². The summed E-state index contributed by atoms with van der Waals surface area (Å²) in [5.41, 5.74) is 5.78. The van der Waals surface area contributed by atoms with E-state index in [-0.39, 0.29) is 76.3 Å². The maximum Gasteiger partial charge on any atom is 1.00 e. The number of nitrogen functional groups attached to an aromatic ring is 1. The first-order valence-electron chi connectivity index (χ1n) is 10.7. The molecule has 0 aliphatic heterocycles. The molecule has 0 bridgehead atoms. The van der Waals surface area contributed by atoms with Crippen molar-refractivity contribution in [2.24, 2.45) is 0 Å². The summed E-state index contributed by atoms with van der Waals surface area (Å²) in [6.07, 6.45) is 2.66. The van der Waals surface area contributed by atoms with E-state index in [9.17, 15) is 27.4 Å². The van der Waals surface area contributed by atoms with E-state index in [4.69, 9.17) is 10.5 Å². The smallest absolute Gasteiger partial charge is 0.744 e. The number of benzene rings is 2. The Hall–Kier alpha value is -2.50. The number of fused-ring (bicyclic) bond motifs is 2. The van der Waals surface area contributed by atoms with Gasteiger partial charge in [-0.3, -0.25) is 9.59 Å². The molecule has 2 aromatic rings. The van der Waals surface area contributed by atoms with Crippen molar-refractivity contribution in [3.8, 4) is 0 Å². The quantitative estimate of drug-likeness (QED) is 0.0964. The van der Waals surface area contributed by atoms with Gasteiger partial charge in [0.2, 0.25) is 0 Å². The minimum atomic E-state index is -4.99. The molecule has 1 aliphatic rings. The fraction of sp³-hybridized carbons (Fsp3) is 0.292. The third-order valence-corrected chi connectivity index (χ3v) is 6.28. The van der Waals surface area contributed by atoms with E-state index < -0.39 is 32.5 Å². The number of unbranched alkanes of at least 4 members (excludes halogenated alkanes) is 3. The van der Waals surface area contributed by atoms with Gasteiger partial charge in [0.05, 0.1) is 28.3 Å². The number of rotatable bonds is 10. The van der Waals surface area contributed by atoms with Crippen LogP contribution in [0.25, 0.3) is 0 Å². The van der Waals surface area contributed by atoms with Crippen molar-refractivity contribution in [3.63, 3.8) is 0 Å². The van der Waals surface area contributed by atoms with Gasteiger partial charge in [0.25, 0.3) is 0 Å². The van der Waals surface area contributed by atoms with Crippen LogP contribution in [0.1, 0.15) is 64.4 Å². The molecule has 3 rings (SSSR count). The first-order chi connectivity index (χ1) is 16.0.